The Balaban J connectivity index is 2.50. The van der Waals surface area contributed by atoms with Crippen molar-refractivity contribution >= 4 is 28.6 Å². The topological polar surface area (TPSA) is 53.6 Å². The average molecular weight is 293 g/mol. The van der Waals surface area contributed by atoms with Gasteiger partial charge in [0.1, 0.15) is 5.82 Å². The summed E-state index contributed by atoms with van der Waals surface area (Å²) in [7, 11) is 0. The lowest BCUT2D eigenvalue weighted by Crippen LogP contribution is -2.26. The Hall–Kier alpha value is -1.50. The van der Waals surface area contributed by atoms with Gasteiger partial charge in [0.05, 0.1) is 10.5 Å². The molecule has 0 saturated heterocycles. The number of alkyl halides is 3. The number of nitrogens with zero attached hydrogens (tertiary/aromatic N) is 2. The second kappa shape index (κ2) is 4.26. The first-order valence-corrected chi connectivity index (χ1v) is 5.86. The van der Waals surface area contributed by atoms with E-state index in [1.54, 1.807) is 0 Å². The van der Waals surface area contributed by atoms with Crippen molar-refractivity contribution in [2.45, 2.75) is 32.5 Å². The summed E-state index contributed by atoms with van der Waals surface area (Å²) in [6, 6.07) is 1.38. The Morgan fingerprint density at radius 1 is 1.21 bits per heavy atom. The SMILES string of the molecule is CC(C)(C)Nc1nc2nc(C(F)(F)F)[nH]c2cc1Cl. The minimum Gasteiger partial charge on any atom is -0.364 e. The molecule has 0 spiro atoms. The third-order valence-corrected chi connectivity index (χ3v) is 2.48. The minimum atomic E-state index is -4.54. The highest BCUT2D eigenvalue weighted by molar-refractivity contribution is 6.33. The van der Waals surface area contributed by atoms with Gasteiger partial charge >= 0.3 is 6.18 Å². The van der Waals surface area contributed by atoms with E-state index in [0.717, 1.165) is 0 Å². The predicted octanol–water partition coefficient (Wildman–Crippen LogP) is 3.84. The van der Waals surface area contributed by atoms with Crippen molar-refractivity contribution in [3.05, 3.63) is 16.9 Å². The quantitative estimate of drug-likeness (QED) is 0.839. The highest BCUT2D eigenvalue weighted by Gasteiger charge is 2.35. The second-order valence-electron chi connectivity index (χ2n) is 5.15. The number of anilines is 1. The molecule has 0 aliphatic heterocycles. The number of aromatic nitrogens is 3. The molecule has 4 nitrogen and oxygen atoms in total. The molecule has 2 rings (SSSR count). The summed E-state index contributed by atoms with van der Waals surface area (Å²) < 4.78 is 37.6. The molecule has 104 valence electrons. The van der Waals surface area contributed by atoms with Gasteiger partial charge in [-0.2, -0.15) is 13.2 Å². The van der Waals surface area contributed by atoms with Crippen LogP contribution in [0.1, 0.15) is 26.6 Å². The van der Waals surface area contributed by atoms with Crippen molar-refractivity contribution in [2.75, 3.05) is 5.32 Å². The molecule has 0 bridgehead atoms. The van der Waals surface area contributed by atoms with Crippen LogP contribution in [0.2, 0.25) is 5.02 Å². The summed E-state index contributed by atoms with van der Waals surface area (Å²) in [6.07, 6.45) is -4.54. The number of rotatable bonds is 1. The molecule has 0 aliphatic carbocycles. The van der Waals surface area contributed by atoms with E-state index in [2.05, 4.69) is 20.3 Å². The lowest BCUT2D eigenvalue weighted by atomic mass is 10.1. The van der Waals surface area contributed by atoms with Gasteiger partial charge in [0, 0.05) is 5.54 Å². The highest BCUT2D eigenvalue weighted by atomic mass is 35.5. The van der Waals surface area contributed by atoms with E-state index >= 15 is 0 Å². The number of aromatic amines is 1. The number of hydrogen-bond donors (Lipinski definition) is 2. The second-order valence-corrected chi connectivity index (χ2v) is 5.56. The molecule has 0 fully saturated rings. The van der Waals surface area contributed by atoms with Gasteiger partial charge in [0.25, 0.3) is 0 Å². The maximum atomic E-state index is 12.5. The van der Waals surface area contributed by atoms with Crippen LogP contribution in [-0.4, -0.2) is 20.5 Å². The molecule has 8 heteroatoms. The first kappa shape index (κ1) is 13.9. The van der Waals surface area contributed by atoms with Crippen LogP contribution in [0.3, 0.4) is 0 Å². The van der Waals surface area contributed by atoms with Crippen molar-refractivity contribution in [1.82, 2.24) is 15.0 Å². The van der Waals surface area contributed by atoms with Gasteiger partial charge in [-0.1, -0.05) is 11.6 Å². The van der Waals surface area contributed by atoms with Crippen LogP contribution in [-0.2, 0) is 6.18 Å². The number of imidazole rings is 1. The standard InChI is InChI=1S/C11H12ClF3N4/c1-10(2,3)19-7-5(12)4-6-8(17-7)18-9(16-6)11(13,14)15/h4H,1-3H3,(H2,16,17,18,19). The molecule has 0 aromatic carbocycles. The monoisotopic (exact) mass is 292 g/mol. The molecule has 0 atom stereocenters. The zero-order chi connectivity index (χ0) is 14.4. The van der Waals surface area contributed by atoms with Crippen LogP contribution in [0.4, 0.5) is 19.0 Å². The van der Waals surface area contributed by atoms with Crippen molar-refractivity contribution in [2.24, 2.45) is 0 Å². The normalized spacial score (nSPS) is 13.0. The Bertz CT molecular complexity index is 613. The molecule has 0 aliphatic rings. The molecule has 2 N–H and O–H groups in total. The molecule has 0 saturated carbocycles. The highest BCUT2D eigenvalue weighted by Crippen LogP contribution is 2.31. The summed E-state index contributed by atoms with van der Waals surface area (Å²) in [4.78, 5) is 9.59. The summed E-state index contributed by atoms with van der Waals surface area (Å²) in [6.45, 7) is 5.67. The van der Waals surface area contributed by atoms with E-state index in [1.807, 2.05) is 20.8 Å². The Labute approximate surface area is 112 Å². The van der Waals surface area contributed by atoms with Crippen molar-refractivity contribution in [3.63, 3.8) is 0 Å². The van der Waals surface area contributed by atoms with Crippen molar-refractivity contribution in [3.8, 4) is 0 Å². The summed E-state index contributed by atoms with van der Waals surface area (Å²) >= 11 is 5.98. The van der Waals surface area contributed by atoms with Crippen molar-refractivity contribution in [1.29, 1.82) is 0 Å². The van der Waals surface area contributed by atoms with Gasteiger partial charge in [-0.25, -0.2) is 9.97 Å². The molecule has 2 heterocycles. The third-order valence-electron chi connectivity index (χ3n) is 2.19. The maximum Gasteiger partial charge on any atom is 0.449 e. The fraction of sp³-hybridized carbons (Fsp3) is 0.455. The Morgan fingerprint density at radius 2 is 1.84 bits per heavy atom. The maximum absolute atomic E-state index is 12.5. The summed E-state index contributed by atoms with van der Waals surface area (Å²) in [5.41, 5.74) is -0.187. The van der Waals surface area contributed by atoms with Gasteiger partial charge < -0.3 is 10.3 Å². The van der Waals surface area contributed by atoms with Crippen LogP contribution in [0.25, 0.3) is 11.2 Å². The molecule has 0 amide bonds. The number of nitrogens with one attached hydrogen (secondary N) is 2. The molecular formula is C11H12ClF3N4. The largest absolute Gasteiger partial charge is 0.449 e. The summed E-state index contributed by atoms with van der Waals surface area (Å²) in [5.74, 6) is -0.777. The predicted molar refractivity (Wildman–Crippen MR) is 67.3 cm³/mol. The zero-order valence-electron chi connectivity index (χ0n) is 10.5. The number of H-pyrrole nitrogens is 1. The minimum absolute atomic E-state index is 0.0246. The fourth-order valence-corrected chi connectivity index (χ4v) is 1.69. The van der Waals surface area contributed by atoms with Crippen LogP contribution in [0.5, 0.6) is 0 Å². The number of fused-ring (bicyclic) bond motifs is 1. The van der Waals surface area contributed by atoms with Crippen molar-refractivity contribution < 1.29 is 13.2 Å². The smallest absolute Gasteiger partial charge is 0.364 e. The molecular weight excluding hydrogens is 281 g/mol. The van der Waals surface area contributed by atoms with E-state index in [9.17, 15) is 13.2 Å². The van der Waals surface area contributed by atoms with E-state index in [4.69, 9.17) is 11.6 Å². The Kier molecular flexibility index (Phi) is 3.12. The van der Waals surface area contributed by atoms with Gasteiger partial charge in [-0.05, 0) is 26.8 Å². The van der Waals surface area contributed by atoms with E-state index in [-0.39, 0.29) is 21.7 Å². The lowest BCUT2D eigenvalue weighted by molar-refractivity contribution is -0.144. The van der Waals surface area contributed by atoms with E-state index in [0.29, 0.717) is 5.82 Å². The van der Waals surface area contributed by atoms with Gasteiger partial charge in [-0.3, -0.25) is 0 Å². The molecule has 2 aromatic rings. The summed E-state index contributed by atoms with van der Waals surface area (Å²) in [5, 5.41) is 3.25. The molecule has 19 heavy (non-hydrogen) atoms. The van der Waals surface area contributed by atoms with Crippen LogP contribution < -0.4 is 5.32 Å². The third kappa shape index (κ3) is 3.09. The first-order valence-electron chi connectivity index (χ1n) is 5.48. The van der Waals surface area contributed by atoms with Gasteiger partial charge in [-0.15, -0.1) is 0 Å². The van der Waals surface area contributed by atoms with Gasteiger partial charge in [0.15, 0.2) is 5.65 Å². The van der Waals surface area contributed by atoms with Gasteiger partial charge in [0.2, 0.25) is 5.82 Å². The van der Waals surface area contributed by atoms with Crippen LogP contribution in [0.15, 0.2) is 6.07 Å². The van der Waals surface area contributed by atoms with E-state index < -0.39 is 12.0 Å². The average Bonchev–Trinajstić information content (AvgIpc) is 2.58. The Morgan fingerprint density at radius 3 is 2.37 bits per heavy atom. The molecule has 0 unspecified atom stereocenters. The van der Waals surface area contributed by atoms with E-state index in [1.165, 1.54) is 6.07 Å². The van der Waals surface area contributed by atoms with Crippen LogP contribution >= 0.6 is 11.6 Å². The van der Waals surface area contributed by atoms with Crippen LogP contribution in [0, 0.1) is 0 Å². The fourth-order valence-electron chi connectivity index (χ4n) is 1.49. The number of hydrogen-bond acceptors (Lipinski definition) is 3. The lowest BCUT2D eigenvalue weighted by Gasteiger charge is -2.21. The first-order chi connectivity index (χ1) is 8.56. The number of pyridine rings is 1. The zero-order valence-corrected chi connectivity index (χ0v) is 11.2. The molecule has 2 aromatic heterocycles. The number of halogens is 4. The molecule has 0 radical (unpaired) electrons.